The molecule has 1 saturated heterocycles. The number of hydrogen-bond acceptors (Lipinski definition) is 4. The molecule has 4 rings (SSSR count). The zero-order valence-electron chi connectivity index (χ0n) is 16.6. The summed E-state index contributed by atoms with van der Waals surface area (Å²) in [5.74, 6) is 0.906. The molecule has 152 valence electrons. The van der Waals surface area contributed by atoms with Gasteiger partial charge in [0, 0.05) is 55.4 Å². The third kappa shape index (κ3) is 4.47. The number of carbonyl (C=O) groups excluding carboxylic acids is 1. The quantitative estimate of drug-likeness (QED) is 0.595. The first-order chi connectivity index (χ1) is 14.1. The summed E-state index contributed by atoms with van der Waals surface area (Å²) in [5.41, 5.74) is 1.79. The van der Waals surface area contributed by atoms with Gasteiger partial charge in [-0.3, -0.25) is 14.6 Å². The predicted molar refractivity (Wildman–Crippen MR) is 117 cm³/mol. The van der Waals surface area contributed by atoms with Crippen LogP contribution in [0.3, 0.4) is 0 Å². The number of ether oxygens (including phenoxy) is 1. The summed E-state index contributed by atoms with van der Waals surface area (Å²) in [6.45, 7) is 7.08. The average molecular weight is 412 g/mol. The van der Waals surface area contributed by atoms with Crippen LogP contribution in [0.25, 0.3) is 10.9 Å². The number of piperazine rings is 1. The standard InChI is InChI=1S/C23H26ClN3O2/c1-17(23(28)19-16-25-21-8-4-2-6-18(19)21)27-12-10-26(11-13-27)14-15-29-22-9-5-3-7-20(22)24/h2-9,16-17,25H,10-15H2,1H3. The van der Waals surface area contributed by atoms with Crippen molar-refractivity contribution in [3.8, 4) is 5.75 Å². The van der Waals surface area contributed by atoms with Gasteiger partial charge in [-0.15, -0.1) is 0 Å². The van der Waals surface area contributed by atoms with E-state index in [9.17, 15) is 4.79 Å². The number of aromatic nitrogens is 1. The first kappa shape index (κ1) is 20.0. The lowest BCUT2D eigenvalue weighted by atomic mass is 10.0. The van der Waals surface area contributed by atoms with Crippen molar-refractivity contribution in [2.24, 2.45) is 0 Å². The molecule has 0 radical (unpaired) electrons. The SMILES string of the molecule is CC(C(=O)c1c[nH]c2ccccc12)N1CCN(CCOc2ccccc2Cl)CC1. The molecule has 2 heterocycles. The Morgan fingerprint density at radius 3 is 2.62 bits per heavy atom. The Kier molecular flexibility index (Phi) is 6.19. The van der Waals surface area contributed by atoms with Gasteiger partial charge in [-0.1, -0.05) is 41.9 Å². The molecule has 29 heavy (non-hydrogen) atoms. The van der Waals surface area contributed by atoms with Crippen molar-refractivity contribution in [1.82, 2.24) is 14.8 Å². The first-order valence-electron chi connectivity index (χ1n) is 10.1. The Morgan fingerprint density at radius 2 is 1.83 bits per heavy atom. The number of ketones is 1. The smallest absolute Gasteiger partial charge is 0.181 e. The number of Topliss-reactive ketones (excluding diaryl/α,β-unsaturated/α-hetero) is 1. The molecule has 2 aromatic carbocycles. The van der Waals surface area contributed by atoms with Gasteiger partial charge in [0.15, 0.2) is 5.78 Å². The van der Waals surface area contributed by atoms with Crippen molar-refractivity contribution >= 4 is 28.3 Å². The number of hydrogen-bond donors (Lipinski definition) is 1. The highest BCUT2D eigenvalue weighted by Gasteiger charge is 2.27. The molecule has 1 N–H and O–H groups in total. The van der Waals surface area contributed by atoms with Crippen molar-refractivity contribution < 1.29 is 9.53 Å². The summed E-state index contributed by atoms with van der Waals surface area (Å²) in [6, 6.07) is 15.4. The van der Waals surface area contributed by atoms with Crippen molar-refractivity contribution in [3.63, 3.8) is 0 Å². The Labute approximate surface area is 176 Å². The van der Waals surface area contributed by atoms with E-state index in [1.165, 1.54) is 0 Å². The predicted octanol–water partition coefficient (Wildman–Crippen LogP) is 4.09. The second-order valence-electron chi connectivity index (χ2n) is 7.44. The van der Waals surface area contributed by atoms with Gasteiger partial charge >= 0.3 is 0 Å². The van der Waals surface area contributed by atoms with E-state index in [2.05, 4.69) is 14.8 Å². The minimum Gasteiger partial charge on any atom is -0.491 e. The molecule has 1 aliphatic rings. The Morgan fingerprint density at radius 1 is 1.10 bits per heavy atom. The average Bonchev–Trinajstić information content (AvgIpc) is 3.19. The van der Waals surface area contributed by atoms with E-state index in [4.69, 9.17) is 16.3 Å². The molecule has 1 atom stereocenters. The summed E-state index contributed by atoms with van der Waals surface area (Å²) in [4.78, 5) is 20.9. The lowest BCUT2D eigenvalue weighted by molar-refractivity contribution is 0.0674. The number of benzene rings is 2. The van der Waals surface area contributed by atoms with E-state index in [1.807, 2.05) is 61.7 Å². The van der Waals surface area contributed by atoms with E-state index in [-0.39, 0.29) is 11.8 Å². The molecule has 6 heteroatoms. The highest BCUT2D eigenvalue weighted by molar-refractivity contribution is 6.32. The second kappa shape index (κ2) is 8.99. The van der Waals surface area contributed by atoms with E-state index >= 15 is 0 Å². The lowest BCUT2D eigenvalue weighted by Gasteiger charge is -2.37. The molecule has 1 fully saturated rings. The van der Waals surface area contributed by atoms with Gasteiger partial charge in [0.2, 0.25) is 0 Å². The van der Waals surface area contributed by atoms with Crippen molar-refractivity contribution in [3.05, 3.63) is 65.3 Å². The molecule has 0 aliphatic carbocycles. The first-order valence-corrected chi connectivity index (χ1v) is 10.5. The number of rotatable bonds is 7. The second-order valence-corrected chi connectivity index (χ2v) is 7.85. The molecular formula is C23H26ClN3O2. The van der Waals surface area contributed by atoms with Crippen LogP contribution in [0.15, 0.2) is 54.7 Å². The van der Waals surface area contributed by atoms with E-state index in [0.29, 0.717) is 11.6 Å². The zero-order valence-corrected chi connectivity index (χ0v) is 17.4. The maximum atomic E-state index is 13.1. The minimum absolute atomic E-state index is 0.129. The van der Waals surface area contributed by atoms with Crippen LogP contribution < -0.4 is 4.74 Å². The zero-order chi connectivity index (χ0) is 20.2. The number of halogens is 1. The van der Waals surface area contributed by atoms with Crippen LogP contribution in [0.4, 0.5) is 0 Å². The molecule has 0 bridgehead atoms. The Bertz CT molecular complexity index is 979. The molecule has 1 aliphatic heterocycles. The number of nitrogens with one attached hydrogen (secondary N) is 1. The number of fused-ring (bicyclic) bond motifs is 1. The molecular weight excluding hydrogens is 386 g/mol. The van der Waals surface area contributed by atoms with Gasteiger partial charge in [-0.2, -0.15) is 0 Å². The van der Waals surface area contributed by atoms with E-state index in [1.54, 1.807) is 0 Å². The summed E-state index contributed by atoms with van der Waals surface area (Å²) >= 11 is 6.13. The number of para-hydroxylation sites is 2. The van der Waals surface area contributed by atoms with Gasteiger partial charge in [0.25, 0.3) is 0 Å². The molecule has 3 aromatic rings. The fourth-order valence-electron chi connectivity index (χ4n) is 3.89. The molecule has 0 saturated carbocycles. The van der Waals surface area contributed by atoms with Crippen LogP contribution in [0, 0.1) is 0 Å². The van der Waals surface area contributed by atoms with Crippen molar-refractivity contribution in [2.45, 2.75) is 13.0 Å². The minimum atomic E-state index is -0.129. The van der Waals surface area contributed by atoms with Gasteiger partial charge in [0.05, 0.1) is 11.1 Å². The highest BCUT2D eigenvalue weighted by Crippen LogP contribution is 2.23. The summed E-state index contributed by atoms with van der Waals surface area (Å²) < 4.78 is 5.80. The largest absolute Gasteiger partial charge is 0.491 e. The van der Waals surface area contributed by atoms with Crippen LogP contribution in [0.1, 0.15) is 17.3 Å². The maximum absolute atomic E-state index is 13.1. The number of carbonyl (C=O) groups is 1. The molecule has 0 spiro atoms. The summed E-state index contributed by atoms with van der Waals surface area (Å²) in [6.07, 6.45) is 1.84. The van der Waals surface area contributed by atoms with Crippen molar-refractivity contribution in [1.29, 1.82) is 0 Å². The van der Waals surface area contributed by atoms with Gasteiger partial charge in [-0.05, 0) is 25.1 Å². The van der Waals surface area contributed by atoms with Gasteiger partial charge in [0.1, 0.15) is 12.4 Å². The molecule has 0 amide bonds. The van der Waals surface area contributed by atoms with Crippen LogP contribution >= 0.6 is 11.6 Å². The Balaban J connectivity index is 1.28. The van der Waals surface area contributed by atoms with Crippen LogP contribution in [0.5, 0.6) is 5.75 Å². The monoisotopic (exact) mass is 411 g/mol. The summed E-state index contributed by atoms with van der Waals surface area (Å²) in [5, 5.41) is 1.64. The van der Waals surface area contributed by atoms with Gasteiger partial charge in [-0.25, -0.2) is 0 Å². The van der Waals surface area contributed by atoms with E-state index in [0.717, 1.165) is 54.9 Å². The van der Waals surface area contributed by atoms with E-state index < -0.39 is 0 Å². The highest BCUT2D eigenvalue weighted by atomic mass is 35.5. The number of aromatic amines is 1. The third-order valence-electron chi connectivity index (χ3n) is 5.69. The van der Waals surface area contributed by atoms with Crippen molar-refractivity contribution in [2.75, 3.05) is 39.3 Å². The molecule has 1 unspecified atom stereocenters. The lowest BCUT2D eigenvalue weighted by Crippen LogP contribution is -2.52. The van der Waals surface area contributed by atoms with Gasteiger partial charge < -0.3 is 9.72 Å². The van der Waals surface area contributed by atoms with Crippen LogP contribution in [0.2, 0.25) is 5.02 Å². The maximum Gasteiger partial charge on any atom is 0.181 e. The number of H-pyrrole nitrogens is 1. The molecule has 5 nitrogen and oxygen atoms in total. The topological polar surface area (TPSA) is 48.6 Å². The normalized spacial score (nSPS) is 16.8. The Hall–Kier alpha value is -2.34. The number of nitrogens with zero attached hydrogens (tertiary/aromatic N) is 2. The van der Waals surface area contributed by atoms with Crippen LogP contribution in [-0.4, -0.2) is 65.9 Å². The third-order valence-corrected chi connectivity index (χ3v) is 6.00. The fraction of sp³-hybridized carbons (Fsp3) is 0.348. The fourth-order valence-corrected chi connectivity index (χ4v) is 4.08. The molecule has 1 aromatic heterocycles. The van der Waals surface area contributed by atoms with Crippen LogP contribution in [-0.2, 0) is 0 Å². The summed E-state index contributed by atoms with van der Waals surface area (Å²) in [7, 11) is 0.